The van der Waals surface area contributed by atoms with E-state index in [1.54, 1.807) is 7.11 Å². The van der Waals surface area contributed by atoms with Gasteiger partial charge in [-0.1, -0.05) is 0 Å². The zero-order valence-corrected chi connectivity index (χ0v) is 14.1. The Morgan fingerprint density at radius 3 is 2.39 bits per heavy atom. The smallest absolute Gasteiger partial charge is 0.178 e. The number of carbonyl (C=O) groups is 1. The minimum Gasteiger partial charge on any atom is -0.383 e. The van der Waals surface area contributed by atoms with Gasteiger partial charge in [0, 0.05) is 56.5 Å². The van der Waals surface area contributed by atoms with E-state index in [1.165, 1.54) is 0 Å². The molecular formula is C17H24N4O2. The molecule has 0 fully saturated rings. The number of hydrogen-bond donors (Lipinski definition) is 0. The number of hydrogen-bond acceptors (Lipinski definition) is 5. The summed E-state index contributed by atoms with van der Waals surface area (Å²) < 4.78 is 7.18. The maximum Gasteiger partial charge on any atom is 0.178 e. The fraction of sp³-hybridized carbons (Fsp3) is 0.588. The van der Waals surface area contributed by atoms with Crippen molar-refractivity contribution in [3.05, 3.63) is 23.0 Å². The van der Waals surface area contributed by atoms with E-state index < -0.39 is 0 Å². The SMILES string of the molecule is COCCn1c(C)cc(C(=O)CN(CCC#N)CCC#N)c1C. The molecule has 23 heavy (non-hydrogen) atoms. The number of nitriles is 2. The predicted molar refractivity (Wildman–Crippen MR) is 87.0 cm³/mol. The van der Waals surface area contributed by atoms with Gasteiger partial charge in [-0.25, -0.2) is 0 Å². The first-order valence-corrected chi connectivity index (χ1v) is 7.70. The van der Waals surface area contributed by atoms with E-state index in [9.17, 15) is 4.79 Å². The molecule has 0 unspecified atom stereocenters. The molecule has 0 aromatic carbocycles. The first-order valence-electron chi connectivity index (χ1n) is 7.70. The van der Waals surface area contributed by atoms with E-state index in [2.05, 4.69) is 16.7 Å². The van der Waals surface area contributed by atoms with E-state index in [-0.39, 0.29) is 12.3 Å². The summed E-state index contributed by atoms with van der Waals surface area (Å²) in [5.74, 6) is 0.0256. The molecule has 124 valence electrons. The van der Waals surface area contributed by atoms with Gasteiger partial charge in [0.1, 0.15) is 0 Å². The van der Waals surface area contributed by atoms with Crippen LogP contribution in [-0.2, 0) is 11.3 Å². The Hall–Kier alpha value is -2.15. The molecule has 1 aromatic rings. The molecule has 0 saturated heterocycles. The Bertz CT molecular complexity index is 589. The molecule has 0 bridgehead atoms. The lowest BCUT2D eigenvalue weighted by molar-refractivity contribution is 0.0932. The maximum absolute atomic E-state index is 12.6. The fourth-order valence-electron chi connectivity index (χ4n) is 2.58. The summed E-state index contributed by atoms with van der Waals surface area (Å²) in [4.78, 5) is 14.5. The molecule has 0 aliphatic heterocycles. The standard InChI is InChI=1S/C17H24N4O2/c1-14-12-16(15(2)21(14)10-11-23-3)17(22)13-20(8-4-6-18)9-5-7-19/h12H,4-5,8-11,13H2,1-3H3. The van der Waals surface area contributed by atoms with Crippen molar-refractivity contribution in [3.8, 4) is 12.1 Å². The lowest BCUT2D eigenvalue weighted by Gasteiger charge is -2.18. The third-order valence-corrected chi connectivity index (χ3v) is 3.84. The lowest BCUT2D eigenvalue weighted by Crippen LogP contribution is -2.32. The van der Waals surface area contributed by atoms with E-state index in [0.29, 0.717) is 44.6 Å². The van der Waals surface area contributed by atoms with Crippen LogP contribution in [0.15, 0.2) is 6.07 Å². The van der Waals surface area contributed by atoms with Gasteiger partial charge in [0.15, 0.2) is 5.78 Å². The van der Waals surface area contributed by atoms with Crippen molar-refractivity contribution in [1.29, 1.82) is 10.5 Å². The predicted octanol–water partition coefficient (Wildman–Crippen LogP) is 2.06. The molecule has 6 nitrogen and oxygen atoms in total. The van der Waals surface area contributed by atoms with Crippen LogP contribution in [-0.4, -0.2) is 48.6 Å². The van der Waals surface area contributed by atoms with Gasteiger partial charge in [-0.3, -0.25) is 9.69 Å². The first-order chi connectivity index (χ1) is 11.0. The zero-order valence-electron chi connectivity index (χ0n) is 14.1. The van der Waals surface area contributed by atoms with Gasteiger partial charge < -0.3 is 9.30 Å². The summed E-state index contributed by atoms with van der Waals surface area (Å²) in [7, 11) is 1.66. The highest BCUT2D eigenvalue weighted by molar-refractivity contribution is 5.99. The number of ether oxygens (including phenoxy) is 1. The summed E-state index contributed by atoms with van der Waals surface area (Å²) in [5, 5.41) is 17.4. The van der Waals surface area contributed by atoms with Gasteiger partial charge in [0.05, 0.1) is 25.3 Å². The average molecular weight is 316 g/mol. The normalized spacial score (nSPS) is 10.5. The third-order valence-electron chi connectivity index (χ3n) is 3.84. The number of Topliss-reactive ketones (excluding diaryl/α,β-unsaturated/α-hetero) is 1. The topological polar surface area (TPSA) is 82.0 Å². The molecule has 6 heteroatoms. The quantitative estimate of drug-likeness (QED) is 0.617. The van der Waals surface area contributed by atoms with Crippen molar-refractivity contribution in [2.45, 2.75) is 33.2 Å². The third kappa shape index (κ3) is 5.52. The van der Waals surface area contributed by atoms with Crippen LogP contribution in [0.1, 0.15) is 34.6 Å². The highest BCUT2D eigenvalue weighted by Crippen LogP contribution is 2.16. The molecule has 0 saturated carbocycles. The molecule has 0 aliphatic rings. The minimum atomic E-state index is 0.0256. The number of methoxy groups -OCH3 is 1. The van der Waals surface area contributed by atoms with Gasteiger partial charge in [-0.15, -0.1) is 0 Å². The zero-order chi connectivity index (χ0) is 17.2. The number of aryl methyl sites for hydroxylation is 1. The number of nitrogens with zero attached hydrogens (tertiary/aromatic N) is 4. The highest BCUT2D eigenvalue weighted by Gasteiger charge is 2.18. The van der Waals surface area contributed by atoms with Crippen LogP contribution in [0.3, 0.4) is 0 Å². The van der Waals surface area contributed by atoms with Crippen molar-refractivity contribution >= 4 is 5.78 Å². The second-order valence-electron chi connectivity index (χ2n) is 5.44. The molecule has 0 N–H and O–H groups in total. The summed E-state index contributed by atoms with van der Waals surface area (Å²) >= 11 is 0. The number of carbonyl (C=O) groups excluding carboxylic acids is 1. The van der Waals surface area contributed by atoms with Crippen LogP contribution in [0.4, 0.5) is 0 Å². The summed E-state index contributed by atoms with van der Waals surface area (Å²) in [6, 6.07) is 6.07. The van der Waals surface area contributed by atoms with Gasteiger partial charge in [0.25, 0.3) is 0 Å². The van der Waals surface area contributed by atoms with Crippen molar-refractivity contribution < 1.29 is 9.53 Å². The number of ketones is 1. The van der Waals surface area contributed by atoms with Gasteiger partial charge in [-0.2, -0.15) is 10.5 Å². The molecule has 0 spiro atoms. The van der Waals surface area contributed by atoms with Crippen LogP contribution < -0.4 is 0 Å². The van der Waals surface area contributed by atoms with Crippen LogP contribution >= 0.6 is 0 Å². The molecule has 1 aromatic heterocycles. The summed E-state index contributed by atoms with van der Waals surface area (Å²) in [6.45, 7) is 6.47. The van der Waals surface area contributed by atoms with Crippen molar-refractivity contribution in [1.82, 2.24) is 9.47 Å². The van der Waals surface area contributed by atoms with Gasteiger partial charge in [-0.05, 0) is 19.9 Å². The van der Waals surface area contributed by atoms with Crippen molar-refractivity contribution in [2.75, 3.05) is 33.4 Å². The van der Waals surface area contributed by atoms with Crippen LogP contribution in [0.5, 0.6) is 0 Å². The number of rotatable bonds is 10. The Labute approximate surface area is 137 Å². The van der Waals surface area contributed by atoms with Crippen LogP contribution in [0.25, 0.3) is 0 Å². The molecule has 1 rings (SSSR count). The van der Waals surface area contributed by atoms with E-state index in [1.807, 2.05) is 24.8 Å². The van der Waals surface area contributed by atoms with Crippen molar-refractivity contribution in [2.24, 2.45) is 0 Å². The average Bonchev–Trinajstić information content (AvgIpc) is 2.82. The Kier molecular flexibility index (Phi) is 8.04. The molecule has 0 atom stereocenters. The minimum absolute atomic E-state index is 0.0256. The summed E-state index contributed by atoms with van der Waals surface area (Å²) in [6.07, 6.45) is 0.705. The van der Waals surface area contributed by atoms with Crippen molar-refractivity contribution in [3.63, 3.8) is 0 Å². The largest absolute Gasteiger partial charge is 0.383 e. The molecule has 0 amide bonds. The van der Waals surface area contributed by atoms with Gasteiger partial charge >= 0.3 is 0 Å². The maximum atomic E-state index is 12.6. The lowest BCUT2D eigenvalue weighted by atomic mass is 10.1. The Balaban J connectivity index is 2.82. The van der Waals surface area contributed by atoms with Gasteiger partial charge in [0.2, 0.25) is 0 Å². The fourth-order valence-corrected chi connectivity index (χ4v) is 2.58. The van der Waals surface area contributed by atoms with E-state index in [0.717, 1.165) is 11.4 Å². The Morgan fingerprint density at radius 1 is 1.26 bits per heavy atom. The van der Waals surface area contributed by atoms with Crippen LogP contribution in [0, 0.1) is 36.5 Å². The summed E-state index contributed by atoms with van der Waals surface area (Å²) in [5.41, 5.74) is 2.67. The Morgan fingerprint density at radius 2 is 1.87 bits per heavy atom. The highest BCUT2D eigenvalue weighted by atomic mass is 16.5. The van der Waals surface area contributed by atoms with E-state index >= 15 is 0 Å². The van der Waals surface area contributed by atoms with E-state index in [4.69, 9.17) is 15.3 Å². The second-order valence-corrected chi connectivity index (χ2v) is 5.44. The molecule has 1 heterocycles. The van der Waals surface area contributed by atoms with Crippen LogP contribution in [0.2, 0.25) is 0 Å². The molecule has 0 aliphatic carbocycles. The first kappa shape index (κ1) is 18.9. The molecular weight excluding hydrogens is 292 g/mol. The monoisotopic (exact) mass is 316 g/mol. The molecule has 0 radical (unpaired) electrons. The second kappa shape index (κ2) is 9.78. The number of aromatic nitrogens is 1.